The molecule has 0 unspecified atom stereocenters. The first-order chi connectivity index (χ1) is 10.6. The Kier molecular flexibility index (Phi) is 4.30. The van der Waals surface area contributed by atoms with Gasteiger partial charge in [0.2, 0.25) is 0 Å². The van der Waals surface area contributed by atoms with E-state index >= 15 is 0 Å². The molecule has 0 fully saturated rings. The van der Waals surface area contributed by atoms with Crippen LogP contribution in [0.5, 0.6) is 0 Å². The fraction of sp³-hybridized carbons (Fsp3) is 0. The van der Waals surface area contributed by atoms with E-state index in [-0.39, 0.29) is 5.82 Å². The molecule has 0 aliphatic heterocycles. The van der Waals surface area contributed by atoms with Crippen LogP contribution >= 0.6 is 43.2 Å². The lowest BCUT2D eigenvalue weighted by Gasteiger charge is -2.09. The molecule has 0 atom stereocenters. The first-order valence-electron chi connectivity index (χ1n) is 6.31. The second-order valence-electron chi connectivity index (χ2n) is 4.54. The Morgan fingerprint density at radius 2 is 1.82 bits per heavy atom. The third-order valence-corrected chi connectivity index (χ3v) is 5.32. The van der Waals surface area contributed by atoms with Crippen molar-refractivity contribution in [3.8, 4) is 27.8 Å². The number of halogens is 2. The van der Waals surface area contributed by atoms with Crippen molar-refractivity contribution < 1.29 is 0 Å². The maximum atomic E-state index is 9.38. The van der Waals surface area contributed by atoms with Gasteiger partial charge in [0.05, 0.1) is 9.48 Å². The molecule has 3 rings (SSSR count). The van der Waals surface area contributed by atoms with Crippen LogP contribution in [0.1, 0.15) is 5.56 Å². The number of anilines is 1. The average molecular weight is 435 g/mol. The molecule has 3 nitrogen and oxygen atoms in total. The predicted molar refractivity (Wildman–Crippen MR) is 97.5 cm³/mol. The lowest BCUT2D eigenvalue weighted by molar-refractivity contribution is 1.31. The Bertz CT molecular complexity index is 879. The van der Waals surface area contributed by atoms with Crippen molar-refractivity contribution in [2.24, 2.45) is 0 Å². The molecule has 0 saturated carbocycles. The van der Waals surface area contributed by atoms with Gasteiger partial charge in [0.15, 0.2) is 0 Å². The minimum atomic E-state index is 0.252. The van der Waals surface area contributed by atoms with E-state index in [1.165, 1.54) is 0 Å². The van der Waals surface area contributed by atoms with Gasteiger partial charge in [0.25, 0.3) is 0 Å². The minimum Gasteiger partial charge on any atom is -0.383 e. The maximum absolute atomic E-state index is 9.38. The number of hydrogen-bond donors (Lipinski definition) is 1. The molecule has 2 N–H and O–H groups in total. The number of nitrogens with two attached hydrogens (primary N) is 1. The Balaban J connectivity index is 2.20. The zero-order valence-electron chi connectivity index (χ0n) is 11.2. The second-order valence-corrected chi connectivity index (χ2v) is 7.92. The van der Waals surface area contributed by atoms with E-state index in [4.69, 9.17) is 5.73 Å². The molecule has 2 aromatic heterocycles. The van der Waals surface area contributed by atoms with E-state index in [0.717, 1.165) is 30.0 Å². The maximum Gasteiger partial charge on any atom is 0.142 e. The topological polar surface area (TPSA) is 62.7 Å². The zero-order valence-corrected chi connectivity index (χ0v) is 15.2. The van der Waals surface area contributed by atoms with Crippen LogP contribution in [0.25, 0.3) is 21.7 Å². The van der Waals surface area contributed by atoms with Crippen LogP contribution < -0.4 is 5.73 Å². The second kappa shape index (κ2) is 6.21. The molecule has 0 bridgehead atoms. The summed E-state index contributed by atoms with van der Waals surface area (Å²) in [5, 5.41) is 9.38. The van der Waals surface area contributed by atoms with Crippen LogP contribution in [0.2, 0.25) is 0 Å². The fourth-order valence-corrected chi connectivity index (χ4v) is 3.78. The van der Waals surface area contributed by atoms with Gasteiger partial charge in [-0.15, -0.1) is 11.3 Å². The third kappa shape index (κ3) is 2.93. The van der Waals surface area contributed by atoms with Crippen molar-refractivity contribution in [1.29, 1.82) is 5.26 Å². The molecule has 1 aromatic carbocycles. The molecule has 0 saturated heterocycles. The van der Waals surface area contributed by atoms with Gasteiger partial charge < -0.3 is 5.73 Å². The number of nitrogens with zero attached hydrogens (tertiary/aromatic N) is 2. The monoisotopic (exact) mass is 433 g/mol. The van der Waals surface area contributed by atoms with Gasteiger partial charge >= 0.3 is 0 Å². The minimum absolute atomic E-state index is 0.252. The first-order valence-corrected chi connectivity index (χ1v) is 8.71. The van der Waals surface area contributed by atoms with Gasteiger partial charge in [-0.25, -0.2) is 4.98 Å². The highest BCUT2D eigenvalue weighted by Gasteiger charge is 2.14. The predicted octanol–water partition coefficient (Wildman–Crippen LogP) is 5.46. The molecule has 0 radical (unpaired) electrons. The quantitative estimate of drug-likeness (QED) is 0.582. The van der Waals surface area contributed by atoms with E-state index in [0.29, 0.717) is 5.56 Å². The summed E-state index contributed by atoms with van der Waals surface area (Å²) in [5.74, 6) is 0.252. The molecular weight excluding hydrogens is 426 g/mol. The van der Waals surface area contributed by atoms with Crippen LogP contribution in [0.4, 0.5) is 5.82 Å². The highest BCUT2D eigenvalue weighted by Crippen LogP contribution is 2.36. The van der Waals surface area contributed by atoms with E-state index in [9.17, 15) is 5.26 Å². The number of rotatable bonds is 2. The van der Waals surface area contributed by atoms with Gasteiger partial charge in [0, 0.05) is 20.5 Å². The molecule has 22 heavy (non-hydrogen) atoms. The SMILES string of the molecule is N#Cc1c(-c2ccc(Br)s2)cc(-c2ccc(Br)cc2)nc1N. The van der Waals surface area contributed by atoms with Gasteiger partial charge in [-0.05, 0) is 46.3 Å². The standard InChI is InChI=1S/C16H9Br2N3S/c17-10-3-1-9(2-4-10)13-7-11(12(8-19)16(20)21-13)14-5-6-15(18)22-14/h1-7H,(H2,20,21). The van der Waals surface area contributed by atoms with Gasteiger partial charge in [0.1, 0.15) is 17.5 Å². The summed E-state index contributed by atoms with van der Waals surface area (Å²) in [5.41, 5.74) is 8.92. The molecule has 0 amide bonds. The Morgan fingerprint density at radius 1 is 1.09 bits per heavy atom. The smallest absolute Gasteiger partial charge is 0.142 e. The summed E-state index contributed by atoms with van der Waals surface area (Å²) >= 11 is 8.43. The van der Waals surface area contributed by atoms with Gasteiger partial charge in [-0.3, -0.25) is 0 Å². The number of nitriles is 1. The Hall–Kier alpha value is -1.68. The van der Waals surface area contributed by atoms with Crippen LogP contribution in [-0.2, 0) is 0 Å². The number of nitrogen functional groups attached to an aromatic ring is 1. The molecule has 0 aliphatic carbocycles. The summed E-state index contributed by atoms with van der Waals surface area (Å²) in [6.45, 7) is 0. The zero-order chi connectivity index (χ0) is 15.7. The van der Waals surface area contributed by atoms with E-state index < -0.39 is 0 Å². The lowest BCUT2D eigenvalue weighted by atomic mass is 10.0. The summed E-state index contributed by atoms with van der Waals surface area (Å²) in [4.78, 5) is 5.35. The number of aromatic nitrogens is 1. The molecule has 6 heteroatoms. The van der Waals surface area contributed by atoms with E-state index in [1.807, 2.05) is 42.5 Å². The Labute approximate surface area is 148 Å². The molecule has 2 heterocycles. The van der Waals surface area contributed by atoms with Crippen molar-refractivity contribution in [1.82, 2.24) is 4.98 Å². The van der Waals surface area contributed by atoms with Crippen molar-refractivity contribution >= 4 is 49.0 Å². The van der Waals surface area contributed by atoms with Crippen LogP contribution in [0.15, 0.2) is 50.7 Å². The molecular formula is C16H9Br2N3S. The fourth-order valence-electron chi connectivity index (χ4n) is 2.10. The molecule has 0 spiro atoms. The third-order valence-electron chi connectivity index (χ3n) is 3.14. The van der Waals surface area contributed by atoms with Crippen molar-refractivity contribution in [3.05, 3.63) is 56.3 Å². The lowest BCUT2D eigenvalue weighted by Crippen LogP contribution is -1.99. The summed E-state index contributed by atoms with van der Waals surface area (Å²) < 4.78 is 2.01. The average Bonchev–Trinajstić information content (AvgIpc) is 2.93. The number of hydrogen-bond acceptors (Lipinski definition) is 4. The van der Waals surface area contributed by atoms with Crippen LogP contribution in [0.3, 0.4) is 0 Å². The summed E-state index contributed by atoms with van der Waals surface area (Å²) in [6.07, 6.45) is 0. The molecule has 108 valence electrons. The highest BCUT2D eigenvalue weighted by atomic mass is 79.9. The highest BCUT2D eigenvalue weighted by molar-refractivity contribution is 9.11. The van der Waals surface area contributed by atoms with Crippen molar-refractivity contribution in [3.63, 3.8) is 0 Å². The Morgan fingerprint density at radius 3 is 2.41 bits per heavy atom. The van der Waals surface area contributed by atoms with Crippen LogP contribution in [0, 0.1) is 11.3 Å². The van der Waals surface area contributed by atoms with Crippen LogP contribution in [-0.4, -0.2) is 4.98 Å². The molecule has 0 aliphatic rings. The van der Waals surface area contributed by atoms with Crippen molar-refractivity contribution in [2.45, 2.75) is 0 Å². The normalized spacial score (nSPS) is 10.4. The number of thiophene rings is 1. The summed E-state index contributed by atoms with van der Waals surface area (Å²) in [7, 11) is 0. The number of benzene rings is 1. The largest absolute Gasteiger partial charge is 0.383 e. The van der Waals surface area contributed by atoms with E-state index in [2.05, 4.69) is 42.9 Å². The first kappa shape index (κ1) is 15.2. The van der Waals surface area contributed by atoms with E-state index in [1.54, 1.807) is 11.3 Å². The van der Waals surface area contributed by atoms with Gasteiger partial charge in [-0.2, -0.15) is 5.26 Å². The summed E-state index contributed by atoms with van der Waals surface area (Å²) in [6, 6.07) is 15.8. The van der Waals surface area contributed by atoms with Crippen molar-refractivity contribution in [2.75, 3.05) is 5.73 Å². The molecule has 3 aromatic rings. The number of pyridine rings is 1. The van der Waals surface area contributed by atoms with Gasteiger partial charge in [-0.1, -0.05) is 28.1 Å².